The maximum Gasteiger partial charge on any atom is 0.261 e. The molecule has 2 rings (SSSR count). The Morgan fingerprint density at radius 1 is 1.21 bits per heavy atom. The minimum absolute atomic E-state index is 0.0523. The highest BCUT2D eigenvalue weighted by Gasteiger charge is 2.08. The summed E-state index contributed by atoms with van der Waals surface area (Å²) in [5, 5.41) is 7.09. The van der Waals surface area contributed by atoms with Gasteiger partial charge in [0.25, 0.3) is 5.91 Å². The van der Waals surface area contributed by atoms with E-state index in [1.54, 1.807) is 24.3 Å². The maximum absolute atomic E-state index is 11.7. The van der Waals surface area contributed by atoms with Gasteiger partial charge in [0.1, 0.15) is 0 Å². The molecular weight excluding hydrogens is 328 g/mol. The zero-order valence-electron chi connectivity index (χ0n) is 9.85. The van der Waals surface area contributed by atoms with Gasteiger partial charge < -0.3 is 10.6 Å². The number of halogens is 1. The summed E-state index contributed by atoms with van der Waals surface area (Å²) in [7, 11) is 0. The van der Waals surface area contributed by atoms with E-state index >= 15 is 0 Å². The van der Waals surface area contributed by atoms with E-state index in [1.165, 1.54) is 11.3 Å². The SMILES string of the molecule is O=C(CNC(=O)c1cccs1)Nc1cccc(Br)c1. The number of hydrogen-bond donors (Lipinski definition) is 2. The molecule has 0 aliphatic rings. The Kier molecular flexibility index (Phi) is 4.70. The van der Waals surface area contributed by atoms with Crippen molar-refractivity contribution in [2.75, 3.05) is 11.9 Å². The quantitative estimate of drug-likeness (QED) is 0.900. The molecule has 2 aromatic rings. The number of amides is 2. The average molecular weight is 339 g/mol. The third-order valence-corrected chi connectivity index (χ3v) is 3.62. The number of hydrogen-bond acceptors (Lipinski definition) is 3. The van der Waals surface area contributed by atoms with Crippen LogP contribution in [0.2, 0.25) is 0 Å². The van der Waals surface area contributed by atoms with E-state index in [9.17, 15) is 9.59 Å². The van der Waals surface area contributed by atoms with Gasteiger partial charge in [0.2, 0.25) is 5.91 Å². The molecule has 1 aromatic carbocycles. The lowest BCUT2D eigenvalue weighted by Gasteiger charge is -2.06. The molecule has 0 atom stereocenters. The molecule has 0 fully saturated rings. The molecular formula is C13H11BrN2O2S. The summed E-state index contributed by atoms with van der Waals surface area (Å²) < 4.78 is 0.882. The molecule has 98 valence electrons. The molecule has 6 heteroatoms. The zero-order valence-corrected chi connectivity index (χ0v) is 12.3. The topological polar surface area (TPSA) is 58.2 Å². The van der Waals surface area contributed by atoms with Gasteiger partial charge in [0.15, 0.2) is 0 Å². The van der Waals surface area contributed by atoms with Crippen molar-refractivity contribution in [2.24, 2.45) is 0 Å². The second-order valence-corrected chi connectivity index (χ2v) is 5.58. The maximum atomic E-state index is 11.7. The van der Waals surface area contributed by atoms with Gasteiger partial charge in [-0.2, -0.15) is 0 Å². The molecule has 19 heavy (non-hydrogen) atoms. The van der Waals surface area contributed by atoms with Crippen LogP contribution in [0.4, 0.5) is 5.69 Å². The lowest BCUT2D eigenvalue weighted by Crippen LogP contribution is -2.32. The molecule has 0 aliphatic heterocycles. The van der Waals surface area contributed by atoms with Crippen molar-refractivity contribution in [3.05, 3.63) is 51.1 Å². The van der Waals surface area contributed by atoms with E-state index < -0.39 is 0 Å². The Labute approximate surface area is 123 Å². The highest BCUT2D eigenvalue weighted by atomic mass is 79.9. The third kappa shape index (κ3) is 4.18. The minimum atomic E-state index is -0.261. The minimum Gasteiger partial charge on any atom is -0.342 e. The van der Waals surface area contributed by atoms with Crippen molar-refractivity contribution in [3.8, 4) is 0 Å². The molecule has 0 saturated carbocycles. The van der Waals surface area contributed by atoms with Crippen LogP contribution in [0.5, 0.6) is 0 Å². The van der Waals surface area contributed by atoms with Crippen LogP contribution in [0, 0.1) is 0 Å². The summed E-state index contributed by atoms with van der Waals surface area (Å²) >= 11 is 4.66. The van der Waals surface area contributed by atoms with Crippen LogP contribution in [0.3, 0.4) is 0 Å². The van der Waals surface area contributed by atoms with Gasteiger partial charge in [-0.3, -0.25) is 9.59 Å². The van der Waals surface area contributed by atoms with Crippen molar-refractivity contribution in [1.29, 1.82) is 0 Å². The molecule has 0 spiro atoms. The molecule has 0 aliphatic carbocycles. The van der Waals surface area contributed by atoms with Crippen molar-refractivity contribution in [3.63, 3.8) is 0 Å². The highest BCUT2D eigenvalue weighted by Crippen LogP contribution is 2.15. The molecule has 0 unspecified atom stereocenters. The number of rotatable bonds is 4. The molecule has 0 saturated heterocycles. The van der Waals surface area contributed by atoms with E-state index in [0.29, 0.717) is 10.6 Å². The van der Waals surface area contributed by atoms with Gasteiger partial charge in [-0.05, 0) is 29.6 Å². The van der Waals surface area contributed by atoms with E-state index in [1.807, 2.05) is 17.5 Å². The number of carbonyl (C=O) groups excluding carboxylic acids is 2. The number of benzene rings is 1. The van der Waals surface area contributed by atoms with E-state index in [2.05, 4.69) is 26.6 Å². The van der Waals surface area contributed by atoms with Crippen LogP contribution in [0.25, 0.3) is 0 Å². The average Bonchev–Trinajstić information content (AvgIpc) is 2.90. The van der Waals surface area contributed by atoms with Crippen LogP contribution in [0.15, 0.2) is 46.3 Å². The summed E-state index contributed by atoms with van der Waals surface area (Å²) in [6, 6.07) is 10.8. The van der Waals surface area contributed by atoms with Gasteiger partial charge >= 0.3 is 0 Å². The Morgan fingerprint density at radius 3 is 2.74 bits per heavy atom. The van der Waals surface area contributed by atoms with Gasteiger partial charge in [-0.25, -0.2) is 0 Å². The first kappa shape index (κ1) is 13.8. The highest BCUT2D eigenvalue weighted by molar-refractivity contribution is 9.10. The second kappa shape index (κ2) is 6.49. The smallest absolute Gasteiger partial charge is 0.261 e. The van der Waals surface area contributed by atoms with E-state index in [4.69, 9.17) is 0 Å². The lowest BCUT2D eigenvalue weighted by atomic mass is 10.3. The van der Waals surface area contributed by atoms with Gasteiger partial charge in [-0.1, -0.05) is 28.1 Å². The Bertz CT molecular complexity index is 584. The molecule has 0 radical (unpaired) electrons. The number of anilines is 1. The van der Waals surface area contributed by atoms with Gasteiger partial charge in [0, 0.05) is 10.2 Å². The van der Waals surface area contributed by atoms with Crippen LogP contribution >= 0.6 is 27.3 Å². The summed E-state index contributed by atoms with van der Waals surface area (Å²) in [6.45, 7) is -0.0523. The molecule has 4 nitrogen and oxygen atoms in total. The first-order valence-corrected chi connectivity index (χ1v) is 7.19. The second-order valence-electron chi connectivity index (χ2n) is 3.72. The third-order valence-electron chi connectivity index (χ3n) is 2.26. The number of carbonyl (C=O) groups is 2. The van der Waals surface area contributed by atoms with Crippen molar-refractivity contribution >= 4 is 44.8 Å². The van der Waals surface area contributed by atoms with Crippen molar-refractivity contribution in [1.82, 2.24) is 5.32 Å². The first-order chi connectivity index (χ1) is 9.15. The normalized spacial score (nSPS) is 9.95. The summed E-state index contributed by atoms with van der Waals surface area (Å²) in [4.78, 5) is 23.9. The van der Waals surface area contributed by atoms with Crippen LogP contribution in [0.1, 0.15) is 9.67 Å². The van der Waals surface area contributed by atoms with Gasteiger partial charge in [0.05, 0.1) is 11.4 Å². The van der Waals surface area contributed by atoms with Crippen LogP contribution in [-0.2, 0) is 4.79 Å². The predicted octanol–water partition coefficient (Wildman–Crippen LogP) is 2.88. The Balaban J connectivity index is 1.83. The summed E-state index contributed by atoms with van der Waals surface area (Å²) in [6.07, 6.45) is 0. The summed E-state index contributed by atoms with van der Waals surface area (Å²) in [5.41, 5.74) is 0.685. The fourth-order valence-corrected chi connectivity index (χ4v) is 2.47. The largest absolute Gasteiger partial charge is 0.342 e. The molecule has 2 amide bonds. The fraction of sp³-hybridized carbons (Fsp3) is 0.0769. The van der Waals surface area contributed by atoms with Crippen LogP contribution < -0.4 is 10.6 Å². The zero-order chi connectivity index (χ0) is 13.7. The first-order valence-electron chi connectivity index (χ1n) is 5.52. The van der Waals surface area contributed by atoms with Crippen molar-refractivity contribution in [2.45, 2.75) is 0 Å². The Hall–Kier alpha value is -1.66. The van der Waals surface area contributed by atoms with E-state index in [0.717, 1.165) is 4.47 Å². The van der Waals surface area contributed by atoms with Crippen molar-refractivity contribution < 1.29 is 9.59 Å². The van der Waals surface area contributed by atoms with E-state index in [-0.39, 0.29) is 18.4 Å². The standard InChI is InChI=1S/C13H11BrN2O2S/c14-9-3-1-4-10(7-9)16-12(17)8-15-13(18)11-5-2-6-19-11/h1-7H,8H2,(H,15,18)(H,16,17). The number of thiophene rings is 1. The molecule has 1 aromatic heterocycles. The molecule has 2 N–H and O–H groups in total. The van der Waals surface area contributed by atoms with Gasteiger partial charge in [-0.15, -0.1) is 11.3 Å². The molecule has 0 bridgehead atoms. The van der Waals surface area contributed by atoms with Crippen LogP contribution in [-0.4, -0.2) is 18.4 Å². The fourth-order valence-electron chi connectivity index (χ4n) is 1.43. The Morgan fingerprint density at radius 2 is 2.05 bits per heavy atom. The molecule has 1 heterocycles. The summed E-state index contributed by atoms with van der Waals surface area (Å²) in [5.74, 6) is -0.498. The predicted molar refractivity (Wildman–Crippen MR) is 79.4 cm³/mol. The monoisotopic (exact) mass is 338 g/mol. The number of nitrogens with one attached hydrogen (secondary N) is 2. The lowest BCUT2D eigenvalue weighted by molar-refractivity contribution is -0.115.